The molecule has 3 aromatic rings. The molecule has 1 heterocycles. The fourth-order valence-electron chi connectivity index (χ4n) is 2.53. The van der Waals surface area contributed by atoms with E-state index in [0.717, 1.165) is 11.3 Å². The number of nitrogens with zero attached hydrogens (tertiary/aromatic N) is 1. The number of Topliss-reactive ketones (excluding diaryl/α,β-unsaturated/α-hetero) is 1. The van der Waals surface area contributed by atoms with E-state index in [4.69, 9.17) is 4.74 Å². The number of hydrogen-bond acceptors (Lipinski definition) is 7. The van der Waals surface area contributed by atoms with Crippen LogP contribution in [0.4, 0.5) is 11.4 Å². The number of nitro groups is 1. The molecule has 0 spiro atoms. The van der Waals surface area contributed by atoms with Crippen molar-refractivity contribution < 1.29 is 24.0 Å². The van der Waals surface area contributed by atoms with Gasteiger partial charge in [-0.2, -0.15) is 0 Å². The number of carbonyl (C=O) groups is 3. The predicted molar refractivity (Wildman–Crippen MR) is 104 cm³/mol. The van der Waals surface area contributed by atoms with Gasteiger partial charge in [-0.25, -0.2) is 4.79 Å². The Balaban J connectivity index is 1.65. The molecule has 142 valence electrons. The fraction of sp³-hybridized carbons (Fsp3) is 0.105. The summed E-state index contributed by atoms with van der Waals surface area (Å²) < 4.78 is 5.70. The van der Waals surface area contributed by atoms with Crippen LogP contribution in [-0.4, -0.2) is 29.2 Å². The van der Waals surface area contributed by atoms with Gasteiger partial charge in [0.15, 0.2) is 12.4 Å². The van der Waals surface area contributed by atoms with E-state index in [9.17, 15) is 24.5 Å². The number of non-ortho nitro benzene ring substituents is 1. The molecule has 2 aromatic carbocycles. The first-order valence-corrected chi connectivity index (χ1v) is 8.91. The minimum absolute atomic E-state index is 0.0752. The third-order valence-electron chi connectivity index (χ3n) is 3.83. The number of benzene rings is 2. The van der Waals surface area contributed by atoms with Crippen LogP contribution >= 0.6 is 11.3 Å². The molecule has 0 saturated heterocycles. The summed E-state index contributed by atoms with van der Waals surface area (Å²) in [6, 6.07) is 12.3. The zero-order valence-corrected chi connectivity index (χ0v) is 15.4. The molecule has 0 radical (unpaired) electrons. The van der Waals surface area contributed by atoms with Crippen LogP contribution in [0.15, 0.2) is 48.5 Å². The maximum absolute atomic E-state index is 12.2. The molecule has 3 rings (SSSR count). The number of esters is 1. The second-order valence-electron chi connectivity index (χ2n) is 5.82. The van der Waals surface area contributed by atoms with Crippen LogP contribution in [0.5, 0.6) is 0 Å². The van der Waals surface area contributed by atoms with Crippen molar-refractivity contribution >= 4 is 50.5 Å². The van der Waals surface area contributed by atoms with Gasteiger partial charge in [-0.15, -0.1) is 11.3 Å². The zero-order chi connectivity index (χ0) is 20.3. The number of ketones is 1. The zero-order valence-electron chi connectivity index (χ0n) is 14.6. The lowest BCUT2D eigenvalue weighted by Crippen LogP contribution is -2.21. The molecule has 28 heavy (non-hydrogen) atoms. The number of anilines is 1. The number of ether oxygens (including phenoxy) is 1. The average Bonchev–Trinajstić information content (AvgIpc) is 3.09. The minimum Gasteiger partial charge on any atom is -0.451 e. The molecule has 0 saturated carbocycles. The highest BCUT2D eigenvalue weighted by molar-refractivity contribution is 7.20. The van der Waals surface area contributed by atoms with Crippen molar-refractivity contribution in [2.45, 2.75) is 6.92 Å². The van der Waals surface area contributed by atoms with E-state index < -0.39 is 23.4 Å². The Kier molecular flexibility index (Phi) is 5.46. The highest BCUT2D eigenvalue weighted by Crippen LogP contribution is 2.29. The smallest absolute Gasteiger partial charge is 0.348 e. The van der Waals surface area contributed by atoms with Crippen LogP contribution in [0.25, 0.3) is 10.1 Å². The SMILES string of the molecule is CC(=O)c1ccccc1NC(=O)COC(=O)c1cc2cc([N+](=O)[O-])ccc2s1. The first-order chi connectivity index (χ1) is 13.3. The molecular weight excluding hydrogens is 384 g/mol. The molecule has 9 heteroatoms. The average molecular weight is 398 g/mol. The van der Waals surface area contributed by atoms with E-state index in [2.05, 4.69) is 5.32 Å². The summed E-state index contributed by atoms with van der Waals surface area (Å²) in [4.78, 5) is 46.3. The standard InChI is InChI=1S/C19H14N2O6S/c1-11(22)14-4-2-3-5-15(14)20-18(23)10-27-19(24)17-9-12-8-13(21(25)26)6-7-16(12)28-17/h2-9H,10H2,1H3,(H,20,23). The van der Waals surface area contributed by atoms with Gasteiger partial charge in [-0.1, -0.05) is 12.1 Å². The van der Waals surface area contributed by atoms with Gasteiger partial charge in [0.2, 0.25) is 0 Å². The molecule has 8 nitrogen and oxygen atoms in total. The van der Waals surface area contributed by atoms with Crippen LogP contribution in [0.2, 0.25) is 0 Å². The molecule has 0 aliphatic rings. The van der Waals surface area contributed by atoms with Gasteiger partial charge in [-0.3, -0.25) is 19.7 Å². The van der Waals surface area contributed by atoms with Gasteiger partial charge in [0.25, 0.3) is 11.6 Å². The second-order valence-corrected chi connectivity index (χ2v) is 6.90. The van der Waals surface area contributed by atoms with Crippen LogP contribution in [-0.2, 0) is 9.53 Å². The third kappa shape index (κ3) is 4.21. The van der Waals surface area contributed by atoms with Crippen molar-refractivity contribution in [3.05, 3.63) is 69.1 Å². The first-order valence-electron chi connectivity index (χ1n) is 8.10. The number of para-hydroxylation sites is 1. The quantitative estimate of drug-likeness (QED) is 0.292. The maximum Gasteiger partial charge on any atom is 0.348 e. The van der Waals surface area contributed by atoms with Gasteiger partial charge in [-0.05, 0) is 31.2 Å². The van der Waals surface area contributed by atoms with E-state index in [1.54, 1.807) is 30.3 Å². The maximum atomic E-state index is 12.2. The van der Waals surface area contributed by atoms with Gasteiger partial charge in [0.05, 0.1) is 10.6 Å². The van der Waals surface area contributed by atoms with E-state index in [-0.39, 0.29) is 16.3 Å². The van der Waals surface area contributed by atoms with E-state index >= 15 is 0 Å². The summed E-state index contributed by atoms with van der Waals surface area (Å²) in [5.41, 5.74) is 0.618. The lowest BCUT2D eigenvalue weighted by atomic mass is 10.1. The van der Waals surface area contributed by atoms with Crippen LogP contribution in [0.3, 0.4) is 0 Å². The minimum atomic E-state index is -0.709. The van der Waals surface area contributed by atoms with Crippen LogP contribution < -0.4 is 5.32 Å². The number of hydrogen-bond donors (Lipinski definition) is 1. The first kappa shape index (κ1) is 19.2. The molecule has 0 aliphatic carbocycles. The number of carbonyl (C=O) groups excluding carboxylic acids is 3. The van der Waals surface area contributed by atoms with Gasteiger partial charge < -0.3 is 10.1 Å². The summed E-state index contributed by atoms with van der Waals surface area (Å²) in [6.45, 7) is 0.857. The topological polar surface area (TPSA) is 116 Å². The molecule has 0 unspecified atom stereocenters. The molecule has 0 bridgehead atoms. The summed E-state index contributed by atoms with van der Waals surface area (Å²) in [5, 5.41) is 13.9. The van der Waals surface area contributed by atoms with E-state index in [1.165, 1.54) is 25.1 Å². The number of amides is 1. The van der Waals surface area contributed by atoms with Crippen molar-refractivity contribution in [1.82, 2.24) is 0 Å². The summed E-state index contributed by atoms with van der Waals surface area (Å²) in [6.07, 6.45) is 0. The molecule has 1 N–H and O–H groups in total. The number of nitro benzene ring substituents is 1. The Bertz CT molecular complexity index is 1100. The number of rotatable bonds is 6. The number of nitrogens with one attached hydrogen (secondary N) is 1. The Labute approximate surface area is 162 Å². The van der Waals surface area contributed by atoms with Crippen LogP contribution in [0, 0.1) is 10.1 Å². The van der Waals surface area contributed by atoms with Gasteiger partial charge >= 0.3 is 5.97 Å². The molecule has 1 aromatic heterocycles. The highest BCUT2D eigenvalue weighted by atomic mass is 32.1. The van der Waals surface area contributed by atoms with Crippen molar-refractivity contribution in [3.63, 3.8) is 0 Å². The molecule has 0 atom stereocenters. The Morgan fingerprint density at radius 2 is 1.89 bits per heavy atom. The third-order valence-corrected chi connectivity index (χ3v) is 4.92. The van der Waals surface area contributed by atoms with Gasteiger partial charge in [0.1, 0.15) is 4.88 Å². The summed E-state index contributed by atoms with van der Waals surface area (Å²) >= 11 is 1.11. The Morgan fingerprint density at radius 3 is 2.61 bits per heavy atom. The molecule has 0 fully saturated rings. The Morgan fingerprint density at radius 1 is 1.14 bits per heavy atom. The lowest BCUT2D eigenvalue weighted by Gasteiger charge is -2.09. The van der Waals surface area contributed by atoms with Crippen molar-refractivity contribution in [2.24, 2.45) is 0 Å². The van der Waals surface area contributed by atoms with E-state index in [0.29, 0.717) is 21.3 Å². The highest BCUT2D eigenvalue weighted by Gasteiger charge is 2.16. The second kappa shape index (κ2) is 7.97. The van der Waals surface area contributed by atoms with E-state index in [1.807, 2.05) is 0 Å². The fourth-order valence-corrected chi connectivity index (χ4v) is 3.47. The molecule has 0 aliphatic heterocycles. The number of fused-ring (bicyclic) bond motifs is 1. The van der Waals surface area contributed by atoms with Crippen LogP contribution in [0.1, 0.15) is 27.0 Å². The summed E-state index contributed by atoms with van der Waals surface area (Å²) in [5.74, 6) is -1.50. The molecular formula is C19H14N2O6S. The Hall–Kier alpha value is -3.59. The lowest BCUT2D eigenvalue weighted by molar-refractivity contribution is -0.384. The van der Waals surface area contributed by atoms with Crippen molar-refractivity contribution in [2.75, 3.05) is 11.9 Å². The largest absolute Gasteiger partial charge is 0.451 e. The van der Waals surface area contributed by atoms with Gasteiger partial charge in [0, 0.05) is 27.8 Å². The summed E-state index contributed by atoms with van der Waals surface area (Å²) in [7, 11) is 0. The van der Waals surface area contributed by atoms with Crippen molar-refractivity contribution in [3.8, 4) is 0 Å². The molecule has 1 amide bonds. The number of thiophene rings is 1. The van der Waals surface area contributed by atoms with Crippen molar-refractivity contribution in [1.29, 1.82) is 0 Å². The predicted octanol–water partition coefficient (Wildman–Crippen LogP) is 3.81. The monoisotopic (exact) mass is 398 g/mol. The normalized spacial score (nSPS) is 10.5.